The van der Waals surface area contributed by atoms with E-state index in [0.717, 1.165) is 25.6 Å². The van der Waals surface area contributed by atoms with Gasteiger partial charge < -0.3 is 9.64 Å². The number of aromatic nitrogens is 4. The molecule has 4 heterocycles. The van der Waals surface area contributed by atoms with Crippen LogP contribution in [0.25, 0.3) is 22.3 Å². The van der Waals surface area contributed by atoms with Gasteiger partial charge in [0.15, 0.2) is 5.69 Å². The molecule has 0 N–H and O–H groups in total. The number of likely N-dealkylation sites (N-methyl/N-ethyl adjacent to an activating group) is 1. The van der Waals surface area contributed by atoms with Gasteiger partial charge in [-0.05, 0) is 30.7 Å². The van der Waals surface area contributed by atoms with Gasteiger partial charge in [0.1, 0.15) is 23.9 Å². The maximum Gasteiger partial charge on any atom is 0.419 e. The third-order valence-electron chi connectivity index (χ3n) is 7.23. The Morgan fingerprint density at radius 2 is 1.95 bits per heavy atom. The minimum absolute atomic E-state index is 0.0101. The van der Waals surface area contributed by atoms with Crippen LogP contribution in [0.15, 0.2) is 24.3 Å². The molecule has 10 nitrogen and oxygen atoms in total. The van der Waals surface area contributed by atoms with E-state index in [9.17, 15) is 23.2 Å². The first-order valence-electron chi connectivity index (χ1n) is 12.2. The van der Waals surface area contributed by atoms with Crippen molar-refractivity contribution in [3.8, 4) is 23.1 Å². The number of nitriles is 1. The maximum absolute atomic E-state index is 14.0. The number of nitrogens with zero attached hydrogens (tertiary/aromatic N) is 8. The number of alkyl halides is 3. The molecule has 38 heavy (non-hydrogen) atoms. The fraction of sp³-hybridized carbons (Fsp3) is 0.480. The van der Waals surface area contributed by atoms with E-state index in [0.29, 0.717) is 18.6 Å². The lowest BCUT2D eigenvalue weighted by Crippen LogP contribution is -2.50. The zero-order chi connectivity index (χ0) is 27.2. The minimum atomic E-state index is -4.65. The Morgan fingerprint density at radius 1 is 1.21 bits per heavy atom. The van der Waals surface area contributed by atoms with Gasteiger partial charge in [-0.2, -0.15) is 18.4 Å². The molecule has 5 rings (SSSR count). The van der Waals surface area contributed by atoms with Crippen LogP contribution in [0.3, 0.4) is 0 Å². The van der Waals surface area contributed by atoms with Gasteiger partial charge in [-0.25, -0.2) is 9.67 Å². The first-order valence-corrected chi connectivity index (χ1v) is 12.2. The molecule has 0 saturated carbocycles. The lowest BCUT2D eigenvalue weighted by Gasteiger charge is -2.34. The van der Waals surface area contributed by atoms with Gasteiger partial charge in [-0.3, -0.25) is 14.6 Å². The highest BCUT2D eigenvalue weighted by atomic mass is 19.4. The summed E-state index contributed by atoms with van der Waals surface area (Å²) in [6.07, 6.45) is -3.70. The van der Waals surface area contributed by atoms with Crippen molar-refractivity contribution in [3.05, 3.63) is 35.5 Å². The van der Waals surface area contributed by atoms with Crippen LogP contribution in [-0.4, -0.2) is 99.5 Å². The number of amides is 1. The fourth-order valence-electron chi connectivity index (χ4n) is 5.18. The van der Waals surface area contributed by atoms with Gasteiger partial charge in [0.25, 0.3) is 0 Å². The van der Waals surface area contributed by atoms with Crippen LogP contribution in [0.4, 0.5) is 13.2 Å². The number of halogens is 3. The zero-order valence-corrected chi connectivity index (χ0v) is 21.2. The summed E-state index contributed by atoms with van der Waals surface area (Å²) in [6, 6.07) is 7.81. The van der Waals surface area contributed by atoms with Gasteiger partial charge >= 0.3 is 6.18 Å². The molecule has 0 unspecified atom stereocenters. The van der Waals surface area contributed by atoms with Gasteiger partial charge in [0.2, 0.25) is 5.91 Å². The largest absolute Gasteiger partial charge is 0.492 e. The number of aryl methyl sites for hydroxylation is 1. The number of piperazine rings is 1. The molecular weight excluding hydrogens is 501 g/mol. The van der Waals surface area contributed by atoms with Gasteiger partial charge in [0.05, 0.1) is 23.3 Å². The van der Waals surface area contributed by atoms with E-state index in [1.54, 1.807) is 32.1 Å². The summed E-state index contributed by atoms with van der Waals surface area (Å²) in [7, 11) is 5.10. The van der Waals surface area contributed by atoms with Gasteiger partial charge in [0, 0.05) is 58.4 Å². The number of carbonyl (C=O) groups excluding carboxylic acids is 1. The number of benzene rings is 1. The van der Waals surface area contributed by atoms with Crippen molar-refractivity contribution in [3.63, 3.8) is 0 Å². The minimum Gasteiger partial charge on any atom is -0.492 e. The molecule has 13 heteroatoms. The predicted octanol–water partition coefficient (Wildman–Crippen LogP) is 2.15. The van der Waals surface area contributed by atoms with Gasteiger partial charge in [-0.1, -0.05) is 5.21 Å². The van der Waals surface area contributed by atoms with Crippen LogP contribution >= 0.6 is 0 Å². The highest BCUT2D eigenvalue weighted by molar-refractivity contribution is 5.83. The summed E-state index contributed by atoms with van der Waals surface area (Å²) in [4.78, 5) is 22.2. The molecule has 2 fully saturated rings. The summed E-state index contributed by atoms with van der Waals surface area (Å²) in [5, 5.41) is 17.2. The highest BCUT2D eigenvalue weighted by Crippen LogP contribution is 2.39. The number of hydrogen-bond donors (Lipinski definition) is 0. The molecule has 0 radical (unpaired) electrons. The average Bonchev–Trinajstić information content (AvgIpc) is 3.57. The molecule has 3 aromatic rings. The van der Waals surface area contributed by atoms with E-state index in [1.807, 2.05) is 6.07 Å². The van der Waals surface area contributed by atoms with Crippen molar-refractivity contribution in [2.45, 2.75) is 24.7 Å². The Bertz CT molecular complexity index is 1410. The molecular formula is C25H27F3N8O2. The molecule has 2 saturated heterocycles. The third kappa shape index (κ3) is 4.89. The fourth-order valence-corrected chi connectivity index (χ4v) is 5.18. The number of rotatable bonds is 7. The standard InChI is InChI=1S/C25H27F3N8O2/c1-33(2)23(37)14-36-13-16-9-17(36)12-35(16)6-7-38-22-5-4-15(8-18(22)25(26,27)28)19-10-21-24(20(11-29)30-19)31-32-34(21)3/h4-5,8,10,16-17H,6-7,9,12-14H2,1-3H3/t16-,17+/m0/s1. The Hall–Kier alpha value is -3.76. The van der Waals surface area contributed by atoms with E-state index in [4.69, 9.17) is 4.74 Å². The first kappa shape index (κ1) is 25.9. The van der Waals surface area contributed by atoms with Crippen molar-refractivity contribution in [2.75, 3.05) is 46.9 Å². The Balaban J connectivity index is 1.28. The molecule has 0 aliphatic carbocycles. The number of pyridine rings is 1. The summed E-state index contributed by atoms with van der Waals surface area (Å²) in [5.41, 5.74) is 0.275. The van der Waals surface area contributed by atoms with Crippen molar-refractivity contribution in [1.29, 1.82) is 5.26 Å². The Kier molecular flexibility index (Phi) is 6.70. The summed E-state index contributed by atoms with van der Waals surface area (Å²) in [5.74, 6) is -0.195. The second-order valence-electron chi connectivity index (χ2n) is 9.86. The molecule has 0 spiro atoms. The van der Waals surface area contributed by atoms with E-state index >= 15 is 0 Å². The summed E-state index contributed by atoms with van der Waals surface area (Å²) in [6.45, 7) is 2.51. The van der Waals surface area contributed by atoms with Crippen LogP contribution in [0.2, 0.25) is 0 Å². The lowest BCUT2D eigenvalue weighted by atomic mass is 10.1. The Morgan fingerprint density at radius 3 is 2.61 bits per heavy atom. The van der Waals surface area contributed by atoms with E-state index < -0.39 is 11.7 Å². The molecule has 2 aliphatic heterocycles. The number of hydrogen-bond acceptors (Lipinski definition) is 8. The quantitative estimate of drug-likeness (QED) is 0.460. The van der Waals surface area contributed by atoms with Crippen LogP contribution in [0.1, 0.15) is 17.7 Å². The normalized spacial score (nSPS) is 19.7. The van der Waals surface area contributed by atoms with Crippen molar-refractivity contribution < 1.29 is 22.7 Å². The second kappa shape index (κ2) is 9.85. The maximum atomic E-state index is 14.0. The van der Waals surface area contributed by atoms with Gasteiger partial charge in [-0.15, -0.1) is 5.10 Å². The number of fused-ring (bicyclic) bond motifs is 3. The number of likely N-dealkylation sites (tertiary alicyclic amines) is 2. The van der Waals surface area contributed by atoms with Crippen molar-refractivity contribution in [2.24, 2.45) is 7.05 Å². The molecule has 200 valence electrons. The molecule has 1 amide bonds. The monoisotopic (exact) mass is 528 g/mol. The van der Waals surface area contributed by atoms with Crippen LogP contribution in [-0.2, 0) is 18.0 Å². The van der Waals surface area contributed by atoms with E-state index in [-0.39, 0.29) is 52.8 Å². The SMILES string of the molecule is CN(C)C(=O)CN1C[C@@H]2C[C@@H]1CN2CCOc1ccc(-c2cc3c(nnn3C)c(C#N)n2)cc1C(F)(F)F. The Labute approximate surface area is 217 Å². The van der Waals surface area contributed by atoms with Crippen molar-refractivity contribution >= 4 is 16.9 Å². The predicted molar refractivity (Wildman–Crippen MR) is 131 cm³/mol. The topological polar surface area (TPSA) is 103 Å². The van der Waals surface area contributed by atoms with Crippen LogP contribution in [0, 0.1) is 11.3 Å². The first-order chi connectivity index (χ1) is 18.0. The molecule has 2 bridgehead atoms. The van der Waals surface area contributed by atoms with Crippen LogP contribution < -0.4 is 4.74 Å². The average molecular weight is 529 g/mol. The molecule has 2 aliphatic rings. The summed E-state index contributed by atoms with van der Waals surface area (Å²) < 4.78 is 49.0. The second-order valence-corrected chi connectivity index (χ2v) is 9.86. The van der Waals surface area contributed by atoms with E-state index in [2.05, 4.69) is 25.1 Å². The third-order valence-corrected chi connectivity index (χ3v) is 7.23. The zero-order valence-electron chi connectivity index (χ0n) is 21.2. The number of ether oxygens (including phenoxy) is 1. The lowest BCUT2D eigenvalue weighted by molar-refractivity contribution is -0.139. The van der Waals surface area contributed by atoms with E-state index in [1.165, 1.54) is 16.8 Å². The van der Waals surface area contributed by atoms with Crippen LogP contribution in [0.5, 0.6) is 5.75 Å². The molecule has 2 atom stereocenters. The number of carbonyl (C=O) groups is 1. The highest BCUT2D eigenvalue weighted by Gasteiger charge is 2.43. The molecule has 1 aromatic carbocycles. The van der Waals surface area contributed by atoms with Crippen molar-refractivity contribution in [1.82, 2.24) is 34.7 Å². The summed E-state index contributed by atoms with van der Waals surface area (Å²) >= 11 is 0. The smallest absolute Gasteiger partial charge is 0.419 e. The molecule has 2 aromatic heterocycles.